The Morgan fingerprint density at radius 3 is 2.79 bits per heavy atom. The SMILES string of the molecule is CS(=O)(=O)N(CC(=O)N1C[C@@H]2CC(=O)N[C@@H]2C1)c1cccc(F)c1. The molecule has 0 spiro atoms. The average Bonchev–Trinajstić information content (AvgIpc) is 3.00. The van der Waals surface area contributed by atoms with Gasteiger partial charge in [-0.25, -0.2) is 12.8 Å². The van der Waals surface area contributed by atoms with Crippen LogP contribution in [-0.4, -0.2) is 57.1 Å². The lowest BCUT2D eigenvalue weighted by atomic mass is 10.1. The lowest BCUT2D eigenvalue weighted by Crippen LogP contribution is -2.43. The number of hydrogen-bond acceptors (Lipinski definition) is 4. The number of amides is 2. The standard InChI is InChI=1S/C15H18FN3O4S/c1-24(22,23)19(12-4-2-3-11(16)6-12)9-15(21)18-7-10-5-14(20)17-13(10)8-18/h2-4,6,10,13H,5,7-9H2,1H3,(H,17,20)/t10-,13+/m0/s1. The zero-order valence-electron chi connectivity index (χ0n) is 13.1. The van der Waals surface area contributed by atoms with Crippen LogP contribution in [-0.2, 0) is 19.6 Å². The van der Waals surface area contributed by atoms with Gasteiger partial charge in [0.05, 0.1) is 18.0 Å². The van der Waals surface area contributed by atoms with E-state index in [4.69, 9.17) is 0 Å². The van der Waals surface area contributed by atoms with Gasteiger partial charge in [0.1, 0.15) is 12.4 Å². The maximum absolute atomic E-state index is 13.4. The first-order valence-corrected chi connectivity index (χ1v) is 9.39. The largest absolute Gasteiger partial charge is 0.351 e. The lowest BCUT2D eigenvalue weighted by Gasteiger charge is -2.25. The molecule has 130 valence electrons. The highest BCUT2D eigenvalue weighted by Gasteiger charge is 2.42. The van der Waals surface area contributed by atoms with Crippen LogP contribution in [0, 0.1) is 11.7 Å². The van der Waals surface area contributed by atoms with Crippen molar-refractivity contribution in [3.8, 4) is 0 Å². The van der Waals surface area contributed by atoms with E-state index in [1.165, 1.54) is 18.2 Å². The number of likely N-dealkylation sites (tertiary alicyclic amines) is 1. The van der Waals surface area contributed by atoms with E-state index in [0.29, 0.717) is 19.5 Å². The van der Waals surface area contributed by atoms with E-state index in [-0.39, 0.29) is 29.5 Å². The molecule has 24 heavy (non-hydrogen) atoms. The van der Waals surface area contributed by atoms with Gasteiger partial charge in [-0.1, -0.05) is 6.07 Å². The van der Waals surface area contributed by atoms with E-state index in [9.17, 15) is 22.4 Å². The van der Waals surface area contributed by atoms with Crippen molar-refractivity contribution in [2.75, 3.05) is 30.2 Å². The second-order valence-corrected chi connectivity index (χ2v) is 8.09. The van der Waals surface area contributed by atoms with E-state index < -0.39 is 22.4 Å². The van der Waals surface area contributed by atoms with Crippen LogP contribution in [0.1, 0.15) is 6.42 Å². The number of fused-ring (bicyclic) bond motifs is 1. The fraction of sp³-hybridized carbons (Fsp3) is 0.467. The van der Waals surface area contributed by atoms with Crippen molar-refractivity contribution in [1.29, 1.82) is 0 Å². The zero-order valence-corrected chi connectivity index (χ0v) is 13.9. The van der Waals surface area contributed by atoms with Gasteiger partial charge in [-0.15, -0.1) is 0 Å². The molecule has 7 nitrogen and oxygen atoms in total. The summed E-state index contributed by atoms with van der Waals surface area (Å²) in [5, 5.41) is 2.81. The molecule has 0 unspecified atom stereocenters. The normalized spacial score (nSPS) is 23.1. The van der Waals surface area contributed by atoms with Gasteiger partial charge in [0.15, 0.2) is 0 Å². The average molecular weight is 355 g/mol. The summed E-state index contributed by atoms with van der Waals surface area (Å²) in [5.41, 5.74) is 0.110. The summed E-state index contributed by atoms with van der Waals surface area (Å²) >= 11 is 0. The molecule has 1 N–H and O–H groups in total. The maximum atomic E-state index is 13.4. The van der Waals surface area contributed by atoms with Crippen molar-refractivity contribution < 1.29 is 22.4 Å². The quantitative estimate of drug-likeness (QED) is 0.820. The highest BCUT2D eigenvalue weighted by atomic mass is 32.2. The Morgan fingerprint density at radius 2 is 2.17 bits per heavy atom. The monoisotopic (exact) mass is 355 g/mol. The van der Waals surface area contributed by atoms with Gasteiger partial charge >= 0.3 is 0 Å². The molecule has 2 aliphatic heterocycles. The third-order valence-electron chi connectivity index (χ3n) is 4.36. The zero-order chi connectivity index (χ0) is 17.5. The summed E-state index contributed by atoms with van der Waals surface area (Å²) in [7, 11) is -3.74. The van der Waals surface area contributed by atoms with Crippen LogP contribution >= 0.6 is 0 Å². The number of benzene rings is 1. The Labute approximate surface area is 139 Å². The molecule has 2 atom stereocenters. The Hall–Kier alpha value is -2.16. The summed E-state index contributed by atoms with van der Waals surface area (Å²) in [6.45, 7) is 0.397. The molecule has 9 heteroatoms. The van der Waals surface area contributed by atoms with Gasteiger partial charge in [-0.2, -0.15) is 0 Å². The van der Waals surface area contributed by atoms with E-state index >= 15 is 0 Å². The number of nitrogens with zero attached hydrogens (tertiary/aromatic N) is 2. The van der Waals surface area contributed by atoms with Crippen molar-refractivity contribution in [3.05, 3.63) is 30.1 Å². The predicted octanol–water partition coefficient (Wildman–Crippen LogP) is -0.0614. The van der Waals surface area contributed by atoms with Gasteiger partial charge in [-0.3, -0.25) is 13.9 Å². The van der Waals surface area contributed by atoms with E-state index in [0.717, 1.165) is 16.6 Å². The molecule has 0 aromatic heterocycles. The fourth-order valence-corrected chi connectivity index (χ4v) is 4.04. The molecule has 3 rings (SSSR count). The number of anilines is 1. The first-order chi connectivity index (χ1) is 11.2. The molecule has 2 saturated heterocycles. The summed E-state index contributed by atoms with van der Waals surface area (Å²) in [6, 6.07) is 5.05. The minimum atomic E-state index is -3.74. The summed E-state index contributed by atoms with van der Waals surface area (Å²) in [4.78, 5) is 25.4. The number of rotatable bonds is 4. The van der Waals surface area contributed by atoms with Crippen LogP contribution in [0.4, 0.5) is 10.1 Å². The molecule has 0 saturated carbocycles. The predicted molar refractivity (Wildman–Crippen MR) is 85.2 cm³/mol. The molecule has 0 bridgehead atoms. The highest BCUT2D eigenvalue weighted by molar-refractivity contribution is 7.92. The molecule has 1 aromatic rings. The Morgan fingerprint density at radius 1 is 1.42 bits per heavy atom. The highest BCUT2D eigenvalue weighted by Crippen LogP contribution is 2.26. The van der Waals surface area contributed by atoms with Gasteiger partial charge in [0.25, 0.3) is 0 Å². The second-order valence-electron chi connectivity index (χ2n) is 6.19. The fourth-order valence-electron chi connectivity index (χ4n) is 3.20. The number of hydrogen-bond donors (Lipinski definition) is 1. The van der Waals surface area contributed by atoms with Crippen LogP contribution in [0.3, 0.4) is 0 Å². The number of halogens is 1. The summed E-state index contributed by atoms with van der Waals surface area (Å²) in [5.74, 6) is -0.891. The first-order valence-electron chi connectivity index (χ1n) is 7.54. The number of carbonyl (C=O) groups is 2. The van der Waals surface area contributed by atoms with Crippen LogP contribution in [0.2, 0.25) is 0 Å². The Kier molecular flexibility index (Phi) is 4.20. The third kappa shape index (κ3) is 3.35. The van der Waals surface area contributed by atoms with Gasteiger partial charge in [0, 0.05) is 25.4 Å². The van der Waals surface area contributed by atoms with E-state index in [1.54, 1.807) is 4.90 Å². The van der Waals surface area contributed by atoms with Crippen LogP contribution in [0.15, 0.2) is 24.3 Å². The molecule has 0 radical (unpaired) electrons. The molecule has 2 amide bonds. The van der Waals surface area contributed by atoms with Gasteiger partial charge in [-0.05, 0) is 18.2 Å². The number of carbonyl (C=O) groups excluding carboxylic acids is 2. The van der Waals surface area contributed by atoms with Gasteiger partial charge < -0.3 is 10.2 Å². The summed E-state index contributed by atoms with van der Waals surface area (Å²) in [6.07, 6.45) is 1.36. The molecule has 2 heterocycles. The first kappa shape index (κ1) is 16.7. The van der Waals surface area contributed by atoms with Crippen LogP contribution in [0.25, 0.3) is 0 Å². The van der Waals surface area contributed by atoms with Crippen molar-refractivity contribution in [2.24, 2.45) is 5.92 Å². The number of sulfonamides is 1. The molecule has 2 aliphatic rings. The third-order valence-corrected chi connectivity index (χ3v) is 5.50. The molecular formula is C15H18FN3O4S. The molecular weight excluding hydrogens is 337 g/mol. The lowest BCUT2D eigenvalue weighted by molar-refractivity contribution is -0.129. The maximum Gasteiger partial charge on any atom is 0.243 e. The van der Waals surface area contributed by atoms with Crippen molar-refractivity contribution in [1.82, 2.24) is 10.2 Å². The van der Waals surface area contributed by atoms with Crippen LogP contribution < -0.4 is 9.62 Å². The molecule has 0 aliphatic carbocycles. The van der Waals surface area contributed by atoms with Crippen LogP contribution in [0.5, 0.6) is 0 Å². The minimum Gasteiger partial charge on any atom is -0.351 e. The second kappa shape index (κ2) is 6.04. The van der Waals surface area contributed by atoms with Crippen molar-refractivity contribution in [2.45, 2.75) is 12.5 Å². The van der Waals surface area contributed by atoms with Gasteiger partial charge in [0.2, 0.25) is 21.8 Å². The number of nitrogens with one attached hydrogen (secondary N) is 1. The smallest absolute Gasteiger partial charge is 0.243 e. The Balaban J connectivity index is 1.74. The van der Waals surface area contributed by atoms with E-state index in [2.05, 4.69) is 5.32 Å². The molecule has 1 aromatic carbocycles. The van der Waals surface area contributed by atoms with E-state index in [1.807, 2.05) is 0 Å². The summed E-state index contributed by atoms with van der Waals surface area (Å²) < 4.78 is 38.3. The minimum absolute atomic E-state index is 0.0189. The molecule has 2 fully saturated rings. The Bertz CT molecular complexity index is 767. The topological polar surface area (TPSA) is 86.8 Å². The van der Waals surface area contributed by atoms with Crippen molar-refractivity contribution >= 4 is 27.5 Å². The van der Waals surface area contributed by atoms with Crippen molar-refractivity contribution in [3.63, 3.8) is 0 Å².